The third-order valence-corrected chi connectivity index (χ3v) is 12.8. The van der Waals surface area contributed by atoms with Crippen molar-refractivity contribution in [1.82, 2.24) is 19.2 Å². The summed E-state index contributed by atoms with van der Waals surface area (Å²) in [5, 5.41) is 0.868. The number of amides is 1. The van der Waals surface area contributed by atoms with Gasteiger partial charge in [-0.2, -0.15) is 12.7 Å². The van der Waals surface area contributed by atoms with Crippen LogP contribution in [0.2, 0.25) is 0 Å². The van der Waals surface area contributed by atoms with Crippen LogP contribution in [0.3, 0.4) is 0 Å². The molecule has 258 valence electrons. The fraction of sp³-hybridized carbons (Fsp3) is 0.184. The number of rotatable bonds is 7. The lowest BCUT2D eigenvalue weighted by Crippen LogP contribution is -2.57. The van der Waals surface area contributed by atoms with E-state index in [4.69, 9.17) is 4.18 Å². The van der Waals surface area contributed by atoms with Gasteiger partial charge in [-0.1, -0.05) is 36.4 Å². The summed E-state index contributed by atoms with van der Waals surface area (Å²) in [6.45, 7) is 1.95. The predicted molar refractivity (Wildman–Crippen MR) is 193 cm³/mol. The van der Waals surface area contributed by atoms with Gasteiger partial charge in [0.25, 0.3) is 0 Å². The number of pyridine rings is 2. The smallest absolute Gasteiger partial charge is 0.339 e. The highest BCUT2D eigenvalue weighted by molar-refractivity contribution is 7.89. The normalized spacial score (nSPS) is 17.0. The van der Waals surface area contributed by atoms with E-state index in [2.05, 4.69) is 14.9 Å². The van der Waals surface area contributed by atoms with Gasteiger partial charge >= 0.3 is 10.1 Å². The van der Waals surface area contributed by atoms with Crippen LogP contribution in [0.5, 0.6) is 5.75 Å². The first-order valence-corrected chi connectivity index (χ1v) is 19.4. The number of hydrogen-bond donors (Lipinski definition) is 0. The molecule has 2 aliphatic rings. The Kier molecular flexibility index (Phi) is 8.41. The molecule has 0 aliphatic carbocycles. The standard InChI is InChI=1S/C38H33N5O6S2/c44-38(42-22-20-41(21-23-42)29-8-2-1-3-9-29)35-25-27-16-17-30(49-51(47,48)37-15-5-13-34-32(37)11-7-19-40-34)24-28(27)26-43(35)50(45,46)36-14-4-12-33-31(36)10-6-18-39-33/h1-19,24,35H,20-23,25-26H2/t35-/m0/s1. The third kappa shape index (κ3) is 6.17. The first-order chi connectivity index (χ1) is 24.7. The molecular formula is C38H33N5O6S2. The minimum atomic E-state index is -4.28. The Morgan fingerprint density at radius 1 is 0.667 bits per heavy atom. The van der Waals surface area contributed by atoms with Crippen LogP contribution in [0.4, 0.5) is 5.69 Å². The fourth-order valence-corrected chi connectivity index (χ4v) is 9.87. The molecule has 4 aromatic carbocycles. The van der Waals surface area contributed by atoms with Crippen LogP contribution < -0.4 is 9.08 Å². The summed E-state index contributed by atoms with van der Waals surface area (Å²) < 4.78 is 63.2. The lowest BCUT2D eigenvalue weighted by molar-refractivity contribution is -0.136. The maximum atomic E-state index is 14.7. The van der Waals surface area contributed by atoms with Gasteiger partial charge in [0.15, 0.2) is 0 Å². The Bertz CT molecular complexity index is 2500. The number of para-hydroxylation sites is 1. The number of sulfonamides is 1. The van der Waals surface area contributed by atoms with Gasteiger partial charge in [0.1, 0.15) is 16.7 Å². The summed E-state index contributed by atoms with van der Waals surface area (Å²) >= 11 is 0. The minimum absolute atomic E-state index is 0.0300. The van der Waals surface area contributed by atoms with Crippen molar-refractivity contribution in [2.45, 2.75) is 28.8 Å². The van der Waals surface area contributed by atoms with E-state index in [0.717, 1.165) is 11.3 Å². The lowest BCUT2D eigenvalue weighted by atomic mass is 9.94. The number of aromatic nitrogens is 2. The SMILES string of the molecule is O=C([C@@H]1Cc2ccc(OS(=O)(=O)c3cccc4ncccc34)cc2CN1S(=O)(=O)c1cccc2ncccc12)N1CCN(c2ccccc2)CC1. The Morgan fingerprint density at radius 2 is 1.31 bits per heavy atom. The van der Waals surface area contributed by atoms with Crippen molar-refractivity contribution < 1.29 is 25.8 Å². The van der Waals surface area contributed by atoms with Gasteiger partial charge in [0.2, 0.25) is 15.9 Å². The molecule has 11 nitrogen and oxygen atoms in total. The van der Waals surface area contributed by atoms with Crippen molar-refractivity contribution in [2.24, 2.45) is 0 Å². The maximum Gasteiger partial charge on any atom is 0.339 e. The summed E-state index contributed by atoms with van der Waals surface area (Å²) in [7, 11) is -8.55. The molecule has 1 atom stereocenters. The molecule has 51 heavy (non-hydrogen) atoms. The van der Waals surface area contributed by atoms with E-state index in [1.165, 1.54) is 16.4 Å². The quantitative estimate of drug-likeness (QED) is 0.209. The van der Waals surface area contributed by atoms with E-state index in [1.54, 1.807) is 84.0 Å². The Labute approximate surface area is 295 Å². The number of benzene rings is 4. The van der Waals surface area contributed by atoms with Crippen LogP contribution in [0.1, 0.15) is 11.1 Å². The van der Waals surface area contributed by atoms with Crippen molar-refractivity contribution in [1.29, 1.82) is 0 Å². The van der Waals surface area contributed by atoms with Gasteiger partial charge in [0, 0.05) is 61.6 Å². The molecule has 2 aromatic heterocycles. The van der Waals surface area contributed by atoms with Gasteiger partial charge in [-0.05, 0) is 90.3 Å². The average molecular weight is 720 g/mol. The van der Waals surface area contributed by atoms with Gasteiger partial charge in [-0.25, -0.2) is 8.42 Å². The second-order valence-corrected chi connectivity index (χ2v) is 15.9. The van der Waals surface area contributed by atoms with Gasteiger partial charge in [-0.3, -0.25) is 14.8 Å². The molecule has 0 unspecified atom stereocenters. The molecule has 0 radical (unpaired) electrons. The summed E-state index contributed by atoms with van der Waals surface area (Å²) in [4.78, 5) is 26.9. The van der Waals surface area contributed by atoms with Gasteiger partial charge in [-0.15, -0.1) is 0 Å². The molecule has 2 aliphatic heterocycles. The number of hydrogen-bond acceptors (Lipinski definition) is 9. The first-order valence-electron chi connectivity index (χ1n) is 16.5. The third-order valence-electron chi connectivity index (χ3n) is 9.54. The topological polar surface area (TPSA) is 130 Å². The van der Waals surface area contributed by atoms with Crippen LogP contribution in [0, 0.1) is 0 Å². The molecule has 1 saturated heterocycles. The van der Waals surface area contributed by atoms with Crippen LogP contribution in [0.15, 0.2) is 131 Å². The molecule has 0 saturated carbocycles. The largest absolute Gasteiger partial charge is 0.379 e. The maximum absolute atomic E-state index is 14.7. The zero-order chi connectivity index (χ0) is 35.2. The van der Waals surface area contributed by atoms with Crippen molar-refractivity contribution in [3.63, 3.8) is 0 Å². The van der Waals surface area contributed by atoms with Gasteiger partial charge < -0.3 is 14.0 Å². The van der Waals surface area contributed by atoms with E-state index in [0.29, 0.717) is 53.5 Å². The van der Waals surface area contributed by atoms with E-state index >= 15 is 0 Å². The summed E-state index contributed by atoms with van der Waals surface area (Å²) in [6, 6.07) is 30.1. The molecule has 8 rings (SSSR count). The molecule has 0 bridgehead atoms. The monoisotopic (exact) mass is 719 g/mol. The lowest BCUT2D eigenvalue weighted by Gasteiger charge is -2.41. The average Bonchev–Trinajstić information content (AvgIpc) is 3.17. The van der Waals surface area contributed by atoms with Crippen LogP contribution in [0.25, 0.3) is 21.8 Å². The van der Waals surface area contributed by atoms with E-state index in [1.807, 2.05) is 30.3 Å². The Morgan fingerprint density at radius 3 is 2.00 bits per heavy atom. The molecular weight excluding hydrogens is 687 g/mol. The molecule has 1 amide bonds. The van der Waals surface area contributed by atoms with Crippen molar-refractivity contribution >= 4 is 53.5 Å². The van der Waals surface area contributed by atoms with Crippen LogP contribution in [-0.2, 0) is 37.9 Å². The number of carbonyl (C=O) groups is 1. The predicted octanol–water partition coefficient (Wildman–Crippen LogP) is 5.02. The zero-order valence-electron chi connectivity index (χ0n) is 27.4. The van der Waals surface area contributed by atoms with Crippen molar-refractivity contribution in [2.75, 3.05) is 31.1 Å². The Hall–Kier alpha value is -5.37. The number of nitrogens with zero attached hydrogens (tertiary/aromatic N) is 5. The van der Waals surface area contributed by atoms with E-state index < -0.39 is 26.2 Å². The molecule has 1 fully saturated rings. The van der Waals surface area contributed by atoms with Gasteiger partial charge in [0.05, 0.1) is 15.9 Å². The van der Waals surface area contributed by atoms with Crippen molar-refractivity contribution in [3.05, 3.63) is 133 Å². The van der Waals surface area contributed by atoms with Crippen LogP contribution >= 0.6 is 0 Å². The fourth-order valence-electron chi connectivity index (χ4n) is 6.98. The highest BCUT2D eigenvalue weighted by Crippen LogP contribution is 2.35. The van der Waals surface area contributed by atoms with E-state index in [-0.39, 0.29) is 34.4 Å². The zero-order valence-corrected chi connectivity index (χ0v) is 29.0. The summed E-state index contributed by atoms with van der Waals surface area (Å²) in [5.41, 5.74) is 3.38. The highest BCUT2D eigenvalue weighted by Gasteiger charge is 2.42. The number of piperazine rings is 1. The molecule has 4 heterocycles. The Balaban J connectivity index is 1.13. The van der Waals surface area contributed by atoms with Crippen LogP contribution in [-0.4, -0.2) is 74.1 Å². The second-order valence-electron chi connectivity index (χ2n) is 12.5. The number of anilines is 1. The highest BCUT2D eigenvalue weighted by atomic mass is 32.2. The molecule has 13 heteroatoms. The molecule has 0 N–H and O–H groups in total. The first kappa shape index (κ1) is 32.8. The second kappa shape index (κ2) is 13.1. The summed E-state index contributed by atoms with van der Waals surface area (Å²) in [6.07, 6.45) is 3.29. The van der Waals surface area contributed by atoms with E-state index in [9.17, 15) is 21.6 Å². The molecule has 6 aromatic rings. The number of fused-ring (bicyclic) bond motifs is 3. The summed E-state index contributed by atoms with van der Waals surface area (Å²) in [5.74, 6) is -0.245. The van der Waals surface area contributed by atoms with Crippen molar-refractivity contribution in [3.8, 4) is 5.75 Å². The number of carbonyl (C=O) groups excluding carboxylic acids is 1. The minimum Gasteiger partial charge on any atom is -0.379 e. The molecule has 0 spiro atoms.